The zero-order valence-corrected chi connectivity index (χ0v) is 32.8. The molecule has 0 atom stereocenters. The Balaban J connectivity index is 1.04. The lowest BCUT2D eigenvalue weighted by Crippen LogP contribution is -2.14. The van der Waals surface area contributed by atoms with Crippen molar-refractivity contribution >= 4 is 17.1 Å². The molecule has 0 fully saturated rings. The van der Waals surface area contributed by atoms with Crippen LogP contribution >= 0.6 is 0 Å². The lowest BCUT2D eigenvalue weighted by molar-refractivity contribution is 0.660. The van der Waals surface area contributed by atoms with Gasteiger partial charge in [0.1, 0.15) is 0 Å². The highest BCUT2D eigenvalue weighted by molar-refractivity contribution is 5.90. The van der Waals surface area contributed by atoms with Crippen LogP contribution in [-0.4, -0.2) is 0 Å². The van der Waals surface area contributed by atoms with Crippen LogP contribution in [0.25, 0.3) is 66.8 Å². The second kappa shape index (κ2) is 14.7. The summed E-state index contributed by atoms with van der Waals surface area (Å²) >= 11 is 0. The van der Waals surface area contributed by atoms with E-state index in [1.54, 1.807) is 0 Å². The molecule has 0 aliphatic heterocycles. The minimum Gasteiger partial charge on any atom is -0.310 e. The van der Waals surface area contributed by atoms with Gasteiger partial charge in [0.25, 0.3) is 0 Å². The van der Waals surface area contributed by atoms with Gasteiger partial charge in [0.2, 0.25) is 0 Å². The summed E-state index contributed by atoms with van der Waals surface area (Å²) in [5.41, 5.74) is 20.8. The predicted molar refractivity (Wildman–Crippen MR) is 246 cm³/mol. The summed E-state index contributed by atoms with van der Waals surface area (Å²) in [5.74, 6) is 0. The summed E-state index contributed by atoms with van der Waals surface area (Å²) in [6.45, 7) is 4.69. The highest BCUT2D eigenvalue weighted by Crippen LogP contribution is 2.50. The van der Waals surface area contributed by atoms with Gasteiger partial charge < -0.3 is 4.90 Å². The molecule has 0 heterocycles. The molecule has 1 aliphatic rings. The third-order valence-corrected chi connectivity index (χ3v) is 11.9. The Morgan fingerprint density at radius 3 is 1.22 bits per heavy atom. The average molecular weight is 742 g/mol. The van der Waals surface area contributed by atoms with Crippen molar-refractivity contribution in [3.63, 3.8) is 0 Å². The molecule has 0 spiro atoms. The quantitative estimate of drug-likeness (QED) is 0.150. The van der Waals surface area contributed by atoms with E-state index in [0.29, 0.717) is 0 Å². The van der Waals surface area contributed by atoms with Crippen molar-refractivity contribution in [1.29, 1.82) is 0 Å². The number of nitrogens with zero attached hydrogens (tertiary/aromatic N) is 1. The molecule has 0 saturated carbocycles. The van der Waals surface area contributed by atoms with Gasteiger partial charge >= 0.3 is 0 Å². The molecule has 0 amide bonds. The molecule has 1 nitrogen and oxygen atoms in total. The fourth-order valence-corrected chi connectivity index (χ4v) is 8.82. The summed E-state index contributed by atoms with van der Waals surface area (Å²) < 4.78 is 0. The summed E-state index contributed by atoms with van der Waals surface area (Å²) in [5, 5.41) is 0. The predicted octanol–water partition coefficient (Wildman–Crippen LogP) is 15.8. The van der Waals surface area contributed by atoms with E-state index in [1.165, 1.54) is 77.9 Å². The summed E-state index contributed by atoms with van der Waals surface area (Å²) in [4.78, 5) is 2.37. The zero-order valence-electron chi connectivity index (χ0n) is 32.8. The second-order valence-electron chi connectivity index (χ2n) is 15.8. The first-order chi connectivity index (χ1) is 28.5. The fourth-order valence-electron chi connectivity index (χ4n) is 8.82. The van der Waals surface area contributed by atoms with Gasteiger partial charge in [-0.15, -0.1) is 0 Å². The monoisotopic (exact) mass is 741 g/mol. The highest BCUT2D eigenvalue weighted by Gasteiger charge is 2.35. The number of benzene rings is 9. The molecule has 10 rings (SSSR count). The van der Waals surface area contributed by atoms with Crippen molar-refractivity contribution in [2.24, 2.45) is 0 Å². The van der Waals surface area contributed by atoms with E-state index in [0.717, 1.165) is 17.1 Å². The Morgan fingerprint density at radius 1 is 0.259 bits per heavy atom. The molecule has 9 aromatic carbocycles. The third kappa shape index (κ3) is 6.41. The normalized spacial score (nSPS) is 12.4. The maximum atomic E-state index is 2.40. The smallest absolute Gasteiger partial charge is 0.0468 e. The first kappa shape index (κ1) is 35.2. The molecule has 0 aromatic heterocycles. The van der Waals surface area contributed by atoms with E-state index in [-0.39, 0.29) is 5.41 Å². The minimum absolute atomic E-state index is 0.0318. The SMILES string of the molecule is CC1(C)c2ccccc2-c2ccc(-c3ccc(-c4ccc(N(c5ccc(-c6ccccc6)cc5)c5ccc(-c6ccccc6)cc5)cc4-c4ccccc4)cc3)cc21. The summed E-state index contributed by atoms with van der Waals surface area (Å²) in [6, 6.07) is 81.7. The van der Waals surface area contributed by atoms with Gasteiger partial charge in [-0.1, -0.05) is 196 Å². The van der Waals surface area contributed by atoms with Crippen LogP contribution in [0.15, 0.2) is 224 Å². The third-order valence-electron chi connectivity index (χ3n) is 11.9. The van der Waals surface area contributed by atoms with Crippen molar-refractivity contribution in [3.8, 4) is 66.8 Å². The van der Waals surface area contributed by atoms with Crippen LogP contribution in [-0.2, 0) is 5.41 Å². The molecule has 0 N–H and O–H groups in total. The zero-order chi connectivity index (χ0) is 39.1. The van der Waals surface area contributed by atoms with E-state index in [9.17, 15) is 0 Å². The number of fused-ring (bicyclic) bond motifs is 3. The van der Waals surface area contributed by atoms with E-state index in [2.05, 4.69) is 243 Å². The Hall–Kier alpha value is -7.22. The molecule has 0 saturated heterocycles. The van der Waals surface area contributed by atoms with Crippen molar-refractivity contribution in [2.75, 3.05) is 4.90 Å². The van der Waals surface area contributed by atoms with Gasteiger partial charge in [0, 0.05) is 22.5 Å². The molecule has 1 aliphatic carbocycles. The van der Waals surface area contributed by atoms with Crippen LogP contribution in [0.5, 0.6) is 0 Å². The van der Waals surface area contributed by atoms with Crippen LogP contribution in [0.3, 0.4) is 0 Å². The van der Waals surface area contributed by atoms with E-state index < -0.39 is 0 Å². The largest absolute Gasteiger partial charge is 0.310 e. The molecule has 9 aromatic rings. The maximum Gasteiger partial charge on any atom is 0.0468 e. The second-order valence-corrected chi connectivity index (χ2v) is 15.8. The summed E-state index contributed by atoms with van der Waals surface area (Å²) in [6.07, 6.45) is 0. The average Bonchev–Trinajstić information content (AvgIpc) is 3.53. The molecule has 276 valence electrons. The molecular weight excluding hydrogens is 699 g/mol. The van der Waals surface area contributed by atoms with Gasteiger partial charge in [0.05, 0.1) is 0 Å². The van der Waals surface area contributed by atoms with Crippen molar-refractivity contribution < 1.29 is 0 Å². The van der Waals surface area contributed by atoms with E-state index in [1.807, 2.05) is 0 Å². The van der Waals surface area contributed by atoms with Crippen molar-refractivity contribution in [2.45, 2.75) is 19.3 Å². The van der Waals surface area contributed by atoms with E-state index in [4.69, 9.17) is 0 Å². The molecule has 0 unspecified atom stereocenters. The number of rotatable bonds is 8. The van der Waals surface area contributed by atoms with Crippen LogP contribution < -0.4 is 4.90 Å². The van der Waals surface area contributed by atoms with Crippen LogP contribution in [0.2, 0.25) is 0 Å². The summed E-state index contributed by atoms with van der Waals surface area (Å²) in [7, 11) is 0. The molecule has 1 heteroatoms. The lowest BCUT2D eigenvalue weighted by Gasteiger charge is -2.27. The highest BCUT2D eigenvalue weighted by atomic mass is 15.1. The van der Waals surface area contributed by atoms with Gasteiger partial charge in [0.15, 0.2) is 0 Å². The number of hydrogen-bond acceptors (Lipinski definition) is 1. The minimum atomic E-state index is -0.0318. The Morgan fingerprint density at radius 2 is 0.638 bits per heavy atom. The number of anilines is 3. The molecule has 0 bridgehead atoms. The number of hydrogen-bond donors (Lipinski definition) is 0. The van der Waals surface area contributed by atoms with Gasteiger partial charge in [-0.3, -0.25) is 0 Å². The maximum absolute atomic E-state index is 2.40. The van der Waals surface area contributed by atoms with Crippen LogP contribution in [0, 0.1) is 0 Å². The van der Waals surface area contributed by atoms with Gasteiger partial charge in [-0.2, -0.15) is 0 Å². The van der Waals surface area contributed by atoms with Crippen molar-refractivity contribution in [1.82, 2.24) is 0 Å². The molecule has 0 radical (unpaired) electrons. The Labute approximate surface area is 342 Å². The standard InChI is InChI=1S/C57H43N/c1-57(2)55-21-13-12-20-52(55)53-36-30-47(38-56(53)57)44-22-24-46(25-23-44)51-37-35-50(39-54(51)45-18-10-5-11-19-45)58(48-31-26-42(27-32-48)40-14-6-3-7-15-40)49-33-28-43(29-34-49)41-16-8-4-9-17-41/h3-39H,1-2H3. The Kier molecular flexibility index (Phi) is 8.92. The van der Waals surface area contributed by atoms with Crippen LogP contribution in [0.1, 0.15) is 25.0 Å². The topological polar surface area (TPSA) is 3.24 Å². The lowest BCUT2D eigenvalue weighted by atomic mass is 9.81. The van der Waals surface area contributed by atoms with Crippen molar-refractivity contribution in [3.05, 3.63) is 236 Å². The van der Waals surface area contributed by atoms with E-state index >= 15 is 0 Å². The Bertz CT molecular complexity index is 2770. The fraction of sp³-hybridized carbons (Fsp3) is 0.0526. The first-order valence-electron chi connectivity index (χ1n) is 20.2. The van der Waals surface area contributed by atoms with Crippen LogP contribution in [0.4, 0.5) is 17.1 Å². The van der Waals surface area contributed by atoms with Gasteiger partial charge in [-0.05, 0) is 120 Å². The molecule has 58 heavy (non-hydrogen) atoms. The molecular formula is C57H43N. The first-order valence-corrected chi connectivity index (χ1v) is 20.2. The van der Waals surface area contributed by atoms with Gasteiger partial charge in [-0.25, -0.2) is 0 Å².